The molecule has 23 heavy (non-hydrogen) atoms. The van der Waals surface area contributed by atoms with Gasteiger partial charge >= 0.3 is 5.97 Å². The minimum atomic E-state index is -0.825. The summed E-state index contributed by atoms with van der Waals surface area (Å²) in [6.45, 7) is 3.39. The smallest absolute Gasteiger partial charge is 0.308 e. The number of amides is 1. The van der Waals surface area contributed by atoms with E-state index in [0.717, 1.165) is 18.4 Å². The van der Waals surface area contributed by atoms with Crippen molar-refractivity contribution in [2.24, 2.45) is 11.8 Å². The molecule has 0 saturated carbocycles. The summed E-state index contributed by atoms with van der Waals surface area (Å²) in [5.74, 6) is -1.43. The molecule has 124 valence electrons. The Balaban J connectivity index is 1.75. The summed E-state index contributed by atoms with van der Waals surface area (Å²) in [5.41, 5.74) is 0.996. The summed E-state index contributed by atoms with van der Waals surface area (Å²) in [6, 6.07) is 9.65. The Morgan fingerprint density at radius 3 is 2.61 bits per heavy atom. The van der Waals surface area contributed by atoms with Crippen molar-refractivity contribution in [3.05, 3.63) is 35.9 Å². The quantitative estimate of drug-likeness (QED) is 0.927. The Morgan fingerprint density at radius 2 is 1.96 bits per heavy atom. The third-order valence-corrected chi connectivity index (χ3v) is 5.01. The summed E-state index contributed by atoms with van der Waals surface area (Å²) in [5, 5.41) is 9.54. The molecule has 0 aromatic heterocycles. The van der Waals surface area contributed by atoms with E-state index in [9.17, 15) is 14.7 Å². The van der Waals surface area contributed by atoms with Crippen molar-refractivity contribution < 1.29 is 19.4 Å². The molecule has 2 fully saturated rings. The Labute approximate surface area is 136 Å². The molecule has 1 aromatic rings. The van der Waals surface area contributed by atoms with Crippen LogP contribution in [0.15, 0.2) is 30.3 Å². The third kappa shape index (κ3) is 3.39. The second-order valence-corrected chi connectivity index (χ2v) is 6.61. The van der Waals surface area contributed by atoms with Gasteiger partial charge in [0, 0.05) is 31.5 Å². The molecule has 5 nitrogen and oxygen atoms in total. The van der Waals surface area contributed by atoms with Gasteiger partial charge in [-0.3, -0.25) is 9.59 Å². The van der Waals surface area contributed by atoms with Crippen molar-refractivity contribution in [2.45, 2.75) is 31.8 Å². The van der Waals surface area contributed by atoms with Crippen LogP contribution in [-0.2, 0) is 14.3 Å². The molecule has 1 N–H and O–H groups in total. The van der Waals surface area contributed by atoms with Crippen LogP contribution >= 0.6 is 0 Å². The Bertz CT molecular complexity index is 574. The molecule has 0 bridgehead atoms. The zero-order valence-electron chi connectivity index (χ0n) is 13.4. The van der Waals surface area contributed by atoms with Crippen LogP contribution in [0.5, 0.6) is 0 Å². The minimum Gasteiger partial charge on any atom is -0.481 e. The number of aliphatic carboxylic acids is 1. The molecule has 2 unspecified atom stereocenters. The van der Waals surface area contributed by atoms with Gasteiger partial charge in [0.1, 0.15) is 0 Å². The predicted molar refractivity (Wildman–Crippen MR) is 85.0 cm³/mol. The number of benzene rings is 1. The van der Waals surface area contributed by atoms with E-state index < -0.39 is 11.9 Å². The number of hydrogen-bond acceptors (Lipinski definition) is 3. The number of carbonyl (C=O) groups excluding carboxylic acids is 1. The summed E-state index contributed by atoms with van der Waals surface area (Å²) in [4.78, 5) is 26.1. The zero-order valence-corrected chi connectivity index (χ0v) is 13.4. The summed E-state index contributed by atoms with van der Waals surface area (Å²) >= 11 is 0. The van der Waals surface area contributed by atoms with E-state index >= 15 is 0 Å². The molecule has 2 heterocycles. The number of carboxylic acids is 1. The highest BCUT2D eigenvalue weighted by molar-refractivity contribution is 5.81. The second-order valence-electron chi connectivity index (χ2n) is 6.61. The van der Waals surface area contributed by atoms with Gasteiger partial charge < -0.3 is 14.7 Å². The maximum atomic E-state index is 12.8. The van der Waals surface area contributed by atoms with E-state index in [1.807, 2.05) is 37.3 Å². The van der Waals surface area contributed by atoms with Gasteiger partial charge in [-0.05, 0) is 25.3 Å². The summed E-state index contributed by atoms with van der Waals surface area (Å²) in [6.07, 6.45) is 1.55. The standard InChI is InChI=1S/C18H23NO4/c1-12-9-14(7-8-23-12)17(20)19-10-15(16(11-19)18(21)22)13-5-3-2-4-6-13/h2-6,12,14-16H,7-11H2,1H3,(H,21,22)/t12?,14?,15-,16-/m0/s1. The predicted octanol–water partition coefficient (Wildman–Crippen LogP) is 2.13. The number of ether oxygens (including phenoxy) is 1. The van der Waals surface area contributed by atoms with E-state index in [-0.39, 0.29) is 23.8 Å². The molecule has 2 aliphatic rings. The molecule has 0 spiro atoms. The lowest BCUT2D eigenvalue weighted by molar-refractivity contribution is -0.142. The van der Waals surface area contributed by atoms with Gasteiger partial charge in [0.05, 0.1) is 12.0 Å². The fraction of sp³-hybridized carbons (Fsp3) is 0.556. The van der Waals surface area contributed by atoms with Crippen LogP contribution in [0.25, 0.3) is 0 Å². The van der Waals surface area contributed by atoms with E-state index in [2.05, 4.69) is 0 Å². The van der Waals surface area contributed by atoms with E-state index in [1.54, 1.807) is 4.90 Å². The van der Waals surface area contributed by atoms with Crippen LogP contribution < -0.4 is 0 Å². The van der Waals surface area contributed by atoms with Crippen LogP contribution in [0.2, 0.25) is 0 Å². The van der Waals surface area contributed by atoms with E-state index in [1.165, 1.54) is 0 Å². The first kappa shape index (κ1) is 16.0. The first-order valence-electron chi connectivity index (χ1n) is 8.24. The average Bonchev–Trinajstić information content (AvgIpc) is 3.00. The van der Waals surface area contributed by atoms with Crippen LogP contribution in [0.4, 0.5) is 0 Å². The van der Waals surface area contributed by atoms with Gasteiger partial charge in [-0.1, -0.05) is 30.3 Å². The van der Waals surface area contributed by atoms with Gasteiger partial charge in [-0.25, -0.2) is 0 Å². The molecule has 4 atom stereocenters. The van der Waals surface area contributed by atoms with Crippen molar-refractivity contribution in [3.8, 4) is 0 Å². The lowest BCUT2D eigenvalue weighted by atomic mass is 9.89. The average molecular weight is 317 g/mol. The molecular weight excluding hydrogens is 294 g/mol. The van der Waals surface area contributed by atoms with Gasteiger partial charge in [0.2, 0.25) is 5.91 Å². The highest BCUT2D eigenvalue weighted by atomic mass is 16.5. The molecule has 0 aliphatic carbocycles. The van der Waals surface area contributed by atoms with Crippen molar-refractivity contribution in [1.29, 1.82) is 0 Å². The van der Waals surface area contributed by atoms with Crippen LogP contribution in [-0.4, -0.2) is 47.7 Å². The zero-order chi connectivity index (χ0) is 16.4. The van der Waals surface area contributed by atoms with Gasteiger partial charge in [-0.15, -0.1) is 0 Å². The first-order chi connectivity index (χ1) is 11.1. The van der Waals surface area contributed by atoms with Gasteiger partial charge in [-0.2, -0.15) is 0 Å². The fourth-order valence-corrected chi connectivity index (χ4v) is 3.75. The maximum absolute atomic E-state index is 12.8. The monoisotopic (exact) mass is 317 g/mol. The lowest BCUT2D eigenvalue weighted by Gasteiger charge is -2.29. The normalized spacial score (nSPS) is 31.1. The number of likely N-dealkylation sites (tertiary alicyclic amines) is 1. The number of hydrogen-bond donors (Lipinski definition) is 1. The van der Waals surface area contributed by atoms with Crippen molar-refractivity contribution in [2.75, 3.05) is 19.7 Å². The number of rotatable bonds is 3. The van der Waals surface area contributed by atoms with E-state index in [0.29, 0.717) is 19.7 Å². The summed E-state index contributed by atoms with van der Waals surface area (Å²) < 4.78 is 5.51. The Morgan fingerprint density at radius 1 is 1.22 bits per heavy atom. The van der Waals surface area contributed by atoms with Crippen molar-refractivity contribution in [1.82, 2.24) is 4.90 Å². The molecule has 1 aromatic carbocycles. The largest absolute Gasteiger partial charge is 0.481 e. The Kier molecular flexibility index (Phi) is 4.66. The third-order valence-electron chi connectivity index (χ3n) is 5.01. The molecule has 3 rings (SSSR count). The highest BCUT2D eigenvalue weighted by Gasteiger charge is 2.42. The minimum absolute atomic E-state index is 0.0391. The van der Waals surface area contributed by atoms with Crippen molar-refractivity contribution >= 4 is 11.9 Å². The van der Waals surface area contributed by atoms with Gasteiger partial charge in [0.15, 0.2) is 0 Å². The number of carbonyl (C=O) groups is 2. The number of carboxylic acid groups (broad SMARTS) is 1. The van der Waals surface area contributed by atoms with Crippen LogP contribution in [0.1, 0.15) is 31.2 Å². The van der Waals surface area contributed by atoms with Gasteiger partial charge in [0.25, 0.3) is 0 Å². The van der Waals surface area contributed by atoms with Crippen LogP contribution in [0.3, 0.4) is 0 Å². The molecule has 1 amide bonds. The molecule has 0 radical (unpaired) electrons. The fourth-order valence-electron chi connectivity index (χ4n) is 3.75. The Hall–Kier alpha value is -1.88. The lowest BCUT2D eigenvalue weighted by Crippen LogP contribution is -2.39. The molecule has 2 saturated heterocycles. The highest BCUT2D eigenvalue weighted by Crippen LogP contribution is 2.34. The molecule has 2 aliphatic heterocycles. The SMILES string of the molecule is CC1CC(C(=O)N2C[C@H](C(=O)O)[C@H](c3ccccc3)C2)CCO1. The first-order valence-corrected chi connectivity index (χ1v) is 8.24. The molecule has 5 heteroatoms. The van der Waals surface area contributed by atoms with Crippen LogP contribution in [0, 0.1) is 11.8 Å². The number of nitrogens with zero attached hydrogens (tertiary/aromatic N) is 1. The van der Waals surface area contributed by atoms with Crippen molar-refractivity contribution in [3.63, 3.8) is 0 Å². The molecular formula is C18H23NO4. The van der Waals surface area contributed by atoms with E-state index in [4.69, 9.17) is 4.74 Å². The maximum Gasteiger partial charge on any atom is 0.308 e. The summed E-state index contributed by atoms with van der Waals surface area (Å²) in [7, 11) is 0. The topological polar surface area (TPSA) is 66.8 Å². The second kappa shape index (κ2) is 6.71.